The van der Waals surface area contributed by atoms with Gasteiger partial charge in [0.15, 0.2) is 0 Å². The van der Waals surface area contributed by atoms with Gasteiger partial charge in [-0.1, -0.05) is 31.9 Å². The molecule has 1 aromatic heterocycles. The van der Waals surface area contributed by atoms with Gasteiger partial charge >= 0.3 is 0 Å². The van der Waals surface area contributed by atoms with Crippen LogP contribution in [0, 0.1) is 11.8 Å². The molecular weight excluding hydrogens is 222 g/mol. The van der Waals surface area contributed by atoms with Crippen molar-refractivity contribution in [1.29, 1.82) is 0 Å². The molecule has 3 nitrogen and oxygen atoms in total. The molecule has 0 radical (unpaired) electrons. The van der Waals surface area contributed by atoms with Crippen molar-refractivity contribution in [2.24, 2.45) is 11.8 Å². The third kappa shape index (κ3) is 3.12. The van der Waals surface area contributed by atoms with Gasteiger partial charge in [0.05, 0.1) is 11.4 Å². The molecule has 0 amide bonds. The topological polar surface area (TPSA) is 30.7 Å². The van der Waals surface area contributed by atoms with Crippen molar-refractivity contribution < 1.29 is 0 Å². The normalized spacial score (nSPS) is 20.9. The van der Waals surface area contributed by atoms with Crippen molar-refractivity contribution in [3.63, 3.8) is 0 Å². The molecular formula is C15H27N3. The Kier molecular flexibility index (Phi) is 4.41. The lowest BCUT2D eigenvalue weighted by atomic mass is 9.85. The second-order valence-electron chi connectivity index (χ2n) is 6.47. The highest BCUT2D eigenvalue weighted by molar-refractivity contribution is 5.13. The first-order chi connectivity index (χ1) is 8.58. The molecule has 3 heteroatoms. The first-order valence-corrected chi connectivity index (χ1v) is 7.50. The highest BCUT2D eigenvalue weighted by Crippen LogP contribution is 2.27. The summed E-state index contributed by atoms with van der Waals surface area (Å²) in [5.41, 5.74) is 2.67. The van der Waals surface area contributed by atoms with Crippen molar-refractivity contribution in [3.05, 3.63) is 11.4 Å². The molecule has 0 fully saturated rings. The summed E-state index contributed by atoms with van der Waals surface area (Å²) in [6, 6.07) is 0.434. The second kappa shape index (κ2) is 5.85. The van der Waals surface area contributed by atoms with E-state index in [0.717, 1.165) is 24.7 Å². The predicted octanol–water partition coefficient (Wildman–Crippen LogP) is 3.79. The van der Waals surface area contributed by atoms with Gasteiger partial charge in [-0.25, -0.2) is 4.68 Å². The van der Waals surface area contributed by atoms with E-state index in [4.69, 9.17) is 0 Å². The minimum Gasteiger partial charge on any atom is -0.247 e. The van der Waals surface area contributed by atoms with Crippen LogP contribution in [0.15, 0.2) is 0 Å². The molecule has 0 saturated carbocycles. The van der Waals surface area contributed by atoms with E-state index in [1.54, 1.807) is 0 Å². The van der Waals surface area contributed by atoms with E-state index in [1.165, 1.54) is 37.1 Å². The van der Waals surface area contributed by atoms with E-state index >= 15 is 0 Å². The van der Waals surface area contributed by atoms with Gasteiger partial charge in [-0.15, -0.1) is 5.10 Å². The Labute approximate surface area is 111 Å². The number of fused-ring (bicyclic) bond motifs is 1. The fourth-order valence-corrected chi connectivity index (χ4v) is 3.15. The SMILES string of the molecule is CC(C)CC1CCCCc2c(nnn2C(C)C)C1. The average Bonchev–Trinajstić information content (AvgIpc) is 2.62. The first-order valence-electron chi connectivity index (χ1n) is 7.50. The minimum atomic E-state index is 0.434. The summed E-state index contributed by atoms with van der Waals surface area (Å²) < 4.78 is 2.13. The Bertz CT molecular complexity index is 379. The number of hydrogen-bond donors (Lipinski definition) is 0. The highest BCUT2D eigenvalue weighted by Gasteiger charge is 2.21. The lowest BCUT2D eigenvalue weighted by Crippen LogP contribution is -2.15. The van der Waals surface area contributed by atoms with Crippen LogP contribution in [0.4, 0.5) is 0 Å². The summed E-state index contributed by atoms with van der Waals surface area (Å²) >= 11 is 0. The molecule has 0 aromatic carbocycles. The molecule has 0 bridgehead atoms. The lowest BCUT2D eigenvalue weighted by Gasteiger charge is -2.21. The van der Waals surface area contributed by atoms with Crippen molar-refractivity contribution in [2.45, 2.75) is 72.3 Å². The van der Waals surface area contributed by atoms with Gasteiger partial charge in [0.1, 0.15) is 0 Å². The van der Waals surface area contributed by atoms with Gasteiger partial charge < -0.3 is 0 Å². The van der Waals surface area contributed by atoms with Gasteiger partial charge in [-0.3, -0.25) is 0 Å². The van der Waals surface area contributed by atoms with E-state index in [1.807, 2.05) is 0 Å². The van der Waals surface area contributed by atoms with E-state index < -0.39 is 0 Å². The maximum Gasteiger partial charge on any atom is 0.0862 e. The summed E-state index contributed by atoms with van der Waals surface area (Å²) in [6.07, 6.45) is 7.65. The van der Waals surface area contributed by atoms with Gasteiger partial charge in [0.2, 0.25) is 0 Å². The smallest absolute Gasteiger partial charge is 0.0862 e. The molecule has 0 spiro atoms. The van der Waals surface area contributed by atoms with Gasteiger partial charge in [0.25, 0.3) is 0 Å². The molecule has 1 aromatic rings. The van der Waals surface area contributed by atoms with Gasteiger partial charge in [-0.2, -0.15) is 0 Å². The molecule has 1 heterocycles. The van der Waals surface area contributed by atoms with Crippen LogP contribution in [0.5, 0.6) is 0 Å². The third-order valence-corrected chi connectivity index (χ3v) is 3.92. The molecule has 0 aliphatic heterocycles. The van der Waals surface area contributed by atoms with Crippen LogP contribution in [-0.4, -0.2) is 15.0 Å². The van der Waals surface area contributed by atoms with Crippen molar-refractivity contribution >= 4 is 0 Å². The molecule has 1 aliphatic rings. The van der Waals surface area contributed by atoms with Crippen molar-refractivity contribution in [2.75, 3.05) is 0 Å². The van der Waals surface area contributed by atoms with Crippen LogP contribution in [0.2, 0.25) is 0 Å². The quantitative estimate of drug-likeness (QED) is 0.816. The number of aromatic nitrogens is 3. The van der Waals surface area contributed by atoms with E-state index in [9.17, 15) is 0 Å². The van der Waals surface area contributed by atoms with Gasteiger partial charge in [-0.05, 0) is 51.4 Å². The van der Waals surface area contributed by atoms with Crippen LogP contribution in [0.3, 0.4) is 0 Å². The molecule has 0 N–H and O–H groups in total. The zero-order valence-corrected chi connectivity index (χ0v) is 12.3. The monoisotopic (exact) mass is 249 g/mol. The Balaban J connectivity index is 2.18. The van der Waals surface area contributed by atoms with E-state index in [2.05, 4.69) is 42.7 Å². The molecule has 1 atom stereocenters. The Hall–Kier alpha value is -0.860. The summed E-state index contributed by atoms with van der Waals surface area (Å²) in [5, 5.41) is 8.81. The van der Waals surface area contributed by atoms with E-state index in [-0.39, 0.29) is 0 Å². The summed E-state index contributed by atoms with van der Waals surface area (Å²) in [7, 11) is 0. The first kappa shape index (κ1) is 13.6. The van der Waals surface area contributed by atoms with Crippen LogP contribution in [0.25, 0.3) is 0 Å². The maximum absolute atomic E-state index is 4.45. The fraction of sp³-hybridized carbons (Fsp3) is 0.867. The predicted molar refractivity (Wildman–Crippen MR) is 74.6 cm³/mol. The molecule has 0 saturated heterocycles. The largest absolute Gasteiger partial charge is 0.247 e. The van der Waals surface area contributed by atoms with Crippen molar-refractivity contribution in [3.8, 4) is 0 Å². The Morgan fingerprint density at radius 3 is 2.67 bits per heavy atom. The van der Waals surface area contributed by atoms with Crippen LogP contribution in [0.1, 0.15) is 70.8 Å². The standard InChI is InChI=1S/C15H27N3/c1-11(2)9-13-7-5-6-8-15-14(10-13)16-17-18(15)12(3)4/h11-13H,5-10H2,1-4H3. The minimum absolute atomic E-state index is 0.434. The van der Waals surface area contributed by atoms with Gasteiger partial charge in [0, 0.05) is 6.04 Å². The summed E-state index contributed by atoms with van der Waals surface area (Å²) in [6.45, 7) is 9.04. The maximum atomic E-state index is 4.45. The summed E-state index contributed by atoms with van der Waals surface area (Å²) in [4.78, 5) is 0. The summed E-state index contributed by atoms with van der Waals surface area (Å²) in [5.74, 6) is 1.60. The average molecular weight is 249 g/mol. The Morgan fingerprint density at radius 2 is 2.00 bits per heavy atom. The number of rotatable bonds is 3. The number of nitrogens with zero attached hydrogens (tertiary/aromatic N) is 3. The zero-order valence-electron chi connectivity index (χ0n) is 12.3. The lowest BCUT2D eigenvalue weighted by molar-refractivity contribution is 0.360. The van der Waals surface area contributed by atoms with Crippen LogP contribution in [-0.2, 0) is 12.8 Å². The second-order valence-corrected chi connectivity index (χ2v) is 6.47. The fourth-order valence-electron chi connectivity index (χ4n) is 3.15. The molecule has 1 unspecified atom stereocenters. The number of hydrogen-bond acceptors (Lipinski definition) is 2. The van der Waals surface area contributed by atoms with Crippen molar-refractivity contribution in [1.82, 2.24) is 15.0 Å². The molecule has 102 valence electrons. The van der Waals surface area contributed by atoms with Crippen LogP contribution < -0.4 is 0 Å². The Morgan fingerprint density at radius 1 is 1.22 bits per heavy atom. The zero-order chi connectivity index (χ0) is 13.1. The molecule has 1 aliphatic carbocycles. The highest BCUT2D eigenvalue weighted by atomic mass is 15.4. The molecule has 2 rings (SSSR count). The third-order valence-electron chi connectivity index (χ3n) is 3.92. The molecule has 18 heavy (non-hydrogen) atoms. The van der Waals surface area contributed by atoms with E-state index in [0.29, 0.717) is 6.04 Å². The van der Waals surface area contributed by atoms with Crippen LogP contribution >= 0.6 is 0 Å².